The average Bonchev–Trinajstić information content (AvgIpc) is 2.39. The van der Waals surface area contributed by atoms with Crippen LogP contribution in [-0.4, -0.2) is 67.3 Å². The highest BCUT2D eigenvalue weighted by Gasteiger charge is 2.27. The summed E-state index contributed by atoms with van der Waals surface area (Å²) in [6.45, 7) is 9.91. The number of carbonyl (C=O) groups excluding carboxylic acids is 1. The summed E-state index contributed by atoms with van der Waals surface area (Å²) < 4.78 is 5.23. The van der Waals surface area contributed by atoms with E-state index in [-0.39, 0.29) is 12.2 Å². The van der Waals surface area contributed by atoms with Crippen molar-refractivity contribution in [2.75, 3.05) is 39.3 Å². The van der Waals surface area contributed by atoms with Crippen molar-refractivity contribution in [1.82, 2.24) is 15.1 Å². The second kappa shape index (κ2) is 6.50. The molecular formula is C13H25N3O2. The van der Waals surface area contributed by atoms with E-state index >= 15 is 0 Å². The molecule has 0 aliphatic carbocycles. The molecule has 104 valence electrons. The summed E-state index contributed by atoms with van der Waals surface area (Å²) in [6.07, 6.45) is 2.44. The van der Waals surface area contributed by atoms with Gasteiger partial charge in [-0.05, 0) is 32.9 Å². The quantitative estimate of drug-likeness (QED) is 0.733. The number of piperidine rings is 1. The van der Waals surface area contributed by atoms with Gasteiger partial charge in [-0.3, -0.25) is 14.6 Å². The molecule has 5 nitrogen and oxygen atoms in total. The topological polar surface area (TPSA) is 44.8 Å². The SMILES string of the molecule is CC(=O)OC(C)N1CCN(C2CCNCC2)CC1. The first kappa shape index (κ1) is 13.8. The molecule has 0 bridgehead atoms. The van der Waals surface area contributed by atoms with E-state index in [0.717, 1.165) is 45.3 Å². The summed E-state index contributed by atoms with van der Waals surface area (Å²) in [4.78, 5) is 15.8. The predicted octanol–water partition coefficient (Wildman–Crippen LogP) is 0.265. The van der Waals surface area contributed by atoms with Gasteiger partial charge < -0.3 is 10.1 Å². The monoisotopic (exact) mass is 255 g/mol. The molecule has 1 atom stereocenters. The van der Waals surface area contributed by atoms with E-state index in [0.29, 0.717) is 0 Å². The van der Waals surface area contributed by atoms with Gasteiger partial charge in [-0.25, -0.2) is 0 Å². The van der Waals surface area contributed by atoms with E-state index in [1.807, 2.05) is 6.92 Å². The van der Waals surface area contributed by atoms with Gasteiger partial charge in [0, 0.05) is 39.1 Å². The maximum atomic E-state index is 10.9. The Kier molecular flexibility index (Phi) is 4.97. The maximum Gasteiger partial charge on any atom is 0.304 e. The van der Waals surface area contributed by atoms with E-state index in [2.05, 4.69) is 15.1 Å². The van der Waals surface area contributed by atoms with Gasteiger partial charge in [-0.1, -0.05) is 0 Å². The minimum atomic E-state index is -0.191. The summed E-state index contributed by atoms with van der Waals surface area (Å²) in [5, 5.41) is 3.41. The Morgan fingerprint density at radius 2 is 1.83 bits per heavy atom. The van der Waals surface area contributed by atoms with Crippen molar-refractivity contribution in [2.45, 2.75) is 39.0 Å². The molecule has 2 saturated heterocycles. The van der Waals surface area contributed by atoms with Gasteiger partial charge in [0.2, 0.25) is 0 Å². The lowest BCUT2D eigenvalue weighted by Gasteiger charge is -2.42. The Labute approximate surface area is 109 Å². The molecule has 0 aromatic heterocycles. The van der Waals surface area contributed by atoms with Crippen LogP contribution in [0.3, 0.4) is 0 Å². The Hall–Kier alpha value is -0.650. The van der Waals surface area contributed by atoms with Gasteiger partial charge in [0.05, 0.1) is 0 Å². The van der Waals surface area contributed by atoms with Crippen molar-refractivity contribution < 1.29 is 9.53 Å². The Bertz CT molecular complexity index is 271. The van der Waals surface area contributed by atoms with Crippen LogP contribution in [0.4, 0.5) is 0 Å². The number of nitrogens with one attached hydrogen (secondary N) is 1. The highest BCUT2D eigenvalue weighted by molar-refractivity contribution is 5.66. The van der Waals surface area contributed by atoms with Crippen LogP contribution >= 0.6 is 0 Å². The van der Waals surface area contributed by atoms with Crippen LogP contribution in [-0.2, 0) is 9.53 Å². The van der Waals surface area contributed by atoms with Crippen molar-refractivity contribution in [2.24, 2.45) is 0 Å². The van der Waals surface area contributed by atoms with E-state index in [1.54, 1.807) is 0 Å². The van der Waals surface area contributed by atoms with E-state index in [1.165, 1.54) is 19.8 Å². The third-order valence-electron chi connectivity index (χ3n) is 4.02. The standard InChI is InChI=1S/C13H25N3O2/c1-11(18-12(2)17)15-7-9-16(10-8-15)13-3-5-14-6-4-13/h11,13-14H,3-10H2,1-2H3. The van der Waals surface area contributed by atoms with Crippen LogP contribution in [0.25, 0.3) is 0 Å². The van der Waals surface area contributed by atoms with E-state index < -0.39 is 0 Å². The Balaban J connectivity index is 1.75. The normalized spacial score (nSPS) is 25.9. The summed E-state index contributed by atoms with van der Waals surface area (Å²) >= 11 is 0. The fourth-order valence-electron chi connectivity index (χ4n) is 2.95. The van der Waals surface area contributed by atoms with Gasteiger partial charge in [-0.15, -0.1) is 0 Å². The molecule has 5 heteroatoms. The second-order valence-corrected chi connectivity index (χ2v) is 5.26. The van der Waals surface area contributed by atoms with Crippen molar-refractivity contribution >= 4 is 5.97 Å². The molecule has 1 N–H and O–H groups in total. The molecule has 0 saturated carbocycles. The van der Waals surface area contributed by atoms with Crippen LogP contribution in [0, 0.1) is 0 Å². The van der Waals surface area contributed by atoms with Crippen molar-refractivity contribution in [3.63, 3.8) is 0 Å². The smallest absolute Gasteiger partial charge is 0.304 e. The van der Waals surface area contributed by atoms with Crippen molar-refractivity contribution in [3.05, 3.63) is 0 Å². The molecule has 0 amide bonds. The third kappa shape index (κ3) is 3.67. The highest BCUT2D eigenvalue weighted by atomic mass is 16.6. The van der Waals surface area contributed by atoms with Crippen LogP contribution in [0.2, 0.25) is 0 Å². The molecule has 2 heterocycles. The molecule has 2 fully saturated rings. The van der Waals surface area contributed by atoms with Gasteiger partial charge in [0.15, 0.2) is 6.23 Å². The largest absolute Gasteiger partial charge is 0.447 e. The highest BCUT2D eigenvalue weighted by Crippen LogP contribution is 2.15. The van der Waals surface area contributed by atoms with Gasteiger partial charge in [0.25, 0.3) is 0 Å². The first-order valence-electron chi connectivity index (χ1n) is 7.03. The fourth-order valence-corrected chi connectivity index (χ4v) is 2.95. The van der Waals surface area contributed by atoms with Crippen LogP contribution in [0.1, 0.15) is 26.7 Å². The lowest BCUT2D eigenvalue weighted by molar-refractivity contribution is -0.156. The molecule has 0 aromatic carbocycles. The number of hydrogen-bond donors (Lipinski definition) is 1. The molecule has 0 spiro atoms. The number of piperazine rings is 1. The fraction of sp³-hybridized carbons (Fsp3) is 0.923. The third-order valence-corrected chi connectivity index (χ3v) is 4.02. The molecule has 1 unspecified atom stereocenters. The van der Waals surface area contributed by atoms with Crippen LogP contribution < -0.4 is 5.32 Å². The van der Waals surface area contributed by atoms with Crippen molar-refractivity contribution in [1.29, 1.82) is 0 Å². The summed E-state index contributed by atoms with van der Waals surface area (Å²) in [5.74, 6) is -0.191. The van der Waals surface area contributed by atoms with E-state index in [4.69, 9.17) is 4.74 Å². The molecular weight excluding hydrogens is 230 g/mol. The predicted molar refractivity (Wildman–Crippen MR) is 70.3 cm³/mol. The van der Waals surface area contributed by atoms with Gasteiger partial charge >= 0.3 is 5.97 Å². The number of hydrogen-bond acceptors (Lipinski definition) is 5. The zero-order chi connectivity index (χ0) is 13.0. The van der Waals surface area contributed by atoms with E-state index in [9.17, 15) is 4.79 Å². The van der Waals surface area contributed by atoms with Crippen LogP contribution in [0.15, 0.2) is 0 Å². The summed E-state index contributed by atoms with van der Waals surface area (Å²) in [7, 11) is 0. The summed E-state index contributed by atoms with van der Waals surface area (Å²) in [5.41, 5.74) is 0. The minimum Gasteiger partial charge on any atom is -0.447 e. The zero-order valence-corrected chi connectivity index (χ0v) is 11.5. The molecule has 0 radical (unpaired) electrons. The number of nitrogens with zero attached hydrogens (tertiary/aromatic N) is 2. The van der Waals surface area contributed by atoms with Gasteiger partial charge in [0.1, 0.15) is 0 Å². The Morgan fingerprint density at radius 1 is 1.22 bits per heavy atom. The number of esters is 1. The number of carbonyl (C=O) groups is 1. The van der Waals surface area contributed by atoms with Crippen molar-refractivity contribution in [3.8, 4) is 0 Å². The number of ether oxygens (including phenoxy) is 1. The lowest BCUT2D eigenvalue weighted by atomic mass is 10.0. The molecule has 0 aromatic rings. The summed E-state index contributed by atoms with van der Waals surface area (Å²) in [6, 6.07) is 0.748. The minimum absolute atomic E-state index is 0.0855. The van der Waals surface area contributed by atoms with Crippen LogP contribution in [0.5, 0.6) is 0 Å². The molecule has 2 rings (SSSR count). The van der Waals surface area contributed by atoms with Gasteiger partial charge in [-0.2, -0.15) is 0 Å². The Morgan fingerprint density at radius 3 is 2.39 bits per heavy atom. The molecule has 2 aliphatic heterocycles. The maximum absolute atomic E-state index is 10.9. The zero-order valence-electron chi connectivity index (χ0n) is 11.5. The second-order valence-electron chi connectivity index (χ2n) is 5.26. The molecule has 2 aliphatic rings. The molecule has 18 heavy (non-hydrogen) atoms. The first-order chi connectivity index (χ1) is 8.66. The number of rotatable bonds is 3. The average molecular weight is 255 g/mol. The lowest BCUT2D eigenvalue weighted by Crippen LogP contribution is -2.55. The first-order valence-corrected chi connectivity index (χ1v) is 7.03.